The Kier molecular flexibility index (Phi) is 16.1. The topological polar surface area (TPSA) is 187 Å². The van der Waals surface area contributed by atoms with Crippen molar-refractivity contribution >= 4 is 64.4 Å². The van der Waals surface area contributed by atoms with Gasteiger partial charge >= 0.3 is 17.9 Å². The van der Waals surface area contributed by atoms with Crippen LogP contribution in [0.15, 0.2) is 36.4 Å². The summed E-state index contributed by atoms with van der Waals surface area (Å²) < 4.78 is 31.2. The molecule has 2 aromatic rings. The van der Waals surface area contributed by atoms with Gasteiger partial charge in [-0.1, -0.05) is 36.7 Å². The molecule has 0 unspecified atom stereocenters. The van der Waals surface area contributed by atoms with Gasteiger partial charge in [-0.25, -0.2) is 14.4 Å². The lowest BCUT2D eigenvalue weighted by Crippen LogP contribution is -2.44. The van der Waals surface area contributed by atoms with Gasteiger partial charge in [0.05, 0.1) is 30.0 Å². The molecule has 47 heavy (non-hydrogen) atoms. The van der Waals surface area contributed by atoms with E-state index in [1.165, 1.54) is 12.1 Å². The normalized spacial score (nSPS) is 13.7. The Morgan fingerprint density at radius 2 is 1.72 bits per heavy atom. The summed E-state index contributed by atoms with van der Waals surface area (Å²) in [5.41, 5.74) is 0.421. The number of hydrogen-bond donors (Lipinski definition) is 3. The molecular formula is C30H38Cl2N4O10S. The molecule has 0 bridgehead atoms. The summed E-state index contributed by atoms with van der Waals surface area (Å²) in [6.45, 7) is 14.2. The van der Waals surface area contributed by atoms with E-state index >= 15 is 0 Å². The summed E-state index contributed by atoms with van der Waals surface area (Å²) in [5, 5.41) is 19.0. The molecule has 1 aliphatic heterocycles. The van der Waals surface area contributed by atoms with Gasteiger partial charge in [-0.3, -0.25) is 4.79 Å². The maximum absolute atomic E-state index is 12.7. The summed E-state index contributed by atoms with van der Waals surface area (Å²) in [5.74, 6) is -2.25. The molecule has 0 amide bonds. The van der Waals surface area contributed by atoms with Gasteiger partial charge in [0.25, 0.3) is 5.88 Å². The van der Waals surface area contributed by atoms with Crippen LogP contribution in [-0.4, -0.2) is 100 Å². The van der Waals surface area contributed by atoms with Crippen LogP contribution < -0.4 is 19.7 Å². The molecule has 3 rings (SSSR count). The van der Waals surface area contributed by atoms with E-state index in [4.69, 9.17) is 52.4 Å². The maximum atomic E-state index is 12.7. The second kappa shape index (κ2) is 19.2. The Bertz CT molecular complexity index is 1420. The lowest BCUT2D eigenvalue weighted by atomic mass is 10.0. The van der Waals surface area contributed by atoms with Crippen molar-refractivity contribution in [3.8, 4) is 11.6 Å². The standard InChI is InChI=1S/C26H34Cl2N4O6S.C4H4O4/c1-6-16(2)23(34)18-7-8-19(22(28)21(18)27)36-15-20(33)38-17(13-29-26(3,4)5)14-37-25-24(30-39-31-25)32-9-11-35-12-10-32;5-3(6)1-2-4(7)8/h7-8,17,29H,2,6,9-15H2,1,3-5H3;1-2H,(H,5,6)(H,7,8)/b;2-1-/t17-;/m0./s1. The van der Waals surface area contributed by atoms with Crippen LogP contribution in [0.5, 0.6) is 11.6 Å². The number of carboxylic acids is 2. The number of hydrogen-bond acceptors (Lipinski definition) is 13. The molecule has 1 aromatic heterocycles. The summed E-state index contributed by atoms with van der Waals surface area (Å²) >= 11 is 13.7. The van der Waals surface area contributed by atoms with Gasteiger partial charge in [-0.2, -0.15) is 4.37 Å². The highest BCUT2D eigenvalue weighted by atomic mass is 35.5. The number of carbonyl (C=O) groups is 4. The van der Waals surface area contributed by atoms with Crippen molar-refractivity contribution in [2.24, 2.45) is 0 Å². The van der Waals surface area contributed by atoms with Crippen LogP contribution in [0, 0.1) is 0 Å². The number of aromatic nitrogens is 2. The van der Waals surface area contributed by atoms with Crippen LogP contribution in [0.25, 0.3) is 0 Å². The van der Waals surface area contributed by atoms with E-state index in [1.54, 1.807) is 0 Å². The summed E-state index contributed by atoms with van der Waals surface area (Å²) in [7, 11) is 0. The number of anilines is 1. The number of halogens is 2. The van der Waals surface area contributed by atoms with E-state index in [1.807, 2.05) is 27.7 Å². The van der Waals surface area contributed by atoms with E-state index < -0.39 is 30.6 Å². The Balaban J connectivity index is 0.000000849. The van der Waals surface area contributed by atoms with Crippen molar-refractivity contribution in [2.45, 2.75) is 45.8 Å². The predicted octanol–water partition coefficient (Wildman–Crippen LogP) is 4.30. The Hall–Kier alpha value is -3.76. The fraction of sp³-hybridized carbons (Fsp3) is 0.467. The lowest BCUT2D eigenvalue weighted by molar-refractivity contribution is -0.153. The van der Waals surface area contributed by atoms with Crippen molar-refractivity contribution in [1.29, 1.82) is 0 Å². The first-order valence-electron chi connectivity index (χ1n) is 14.3. The van der Waals surface area contributed by atoms with Gasteiger partial charge in [0.15, 0.2) is 12.4 Å². The number of morpholine rings is 1. The van der Waals surface area contributed by atoms with Crippen molar-refractivity contribution in [3.05, 3.63) is 52.0 Å². The third kappa shape index (κ3) is 13.9. The average molecular weight is 718 g/mol. The van der Waals surface area contributed by atoms with Gasteiger partial charge in [0.2, 0.25) is 5.82 Å². The largest absolute Gasteiger partial charge is 0.480 e. The first-order valence-corrected chi connectivity index (χ1v) is 15.8. The summed E-state index contributed by atoms with van der Waals surface area (Å²) in [6.07, 6.45) is 0.961. The minimum atomic E-state index is -1.26. The molecular weight excluding hydrogens is 679 g/mol. The highest BCUT2D eigenvalue weighted by Crippen LogP contribution is 2.36. The highest BCUT2D eigenvalue weighted by molar-refractivity contribution is 6.99. The van der Waals surface area contributed by atoms with Gasteiger partial charge in [-0.05, 0) is 44.9 Å². The van der Waals surface area contributed by atoms with Crippen molar-refractivity contribution in [2.75, 3.05) is 51.0 Å². The zero-order valence-electron chi connectivity index (χ0n) is 26.4. The molecule has 2 heterocycles. The summed E-state index contributed by atoms with van der Waals surface area (Å²) in [6, 6.07) is 2.98. The minimum absolute atomic E-state index is 0.0279. The monoisotopic (exact) mass is 716 g/mol. The van der Waals surface area contributed by atoms with E-state index in [9.17, 15) is 19.2 Å². The van der Waals surface area contributed by atoms with Crippen molar-refractivity contribution in [3.63, 3.8) is 0 Å². The molecule has 0 saturated carbocycles. The van der Waals surface area contributed by atoms with E-state index in [2.05, 4.69) is 25.5 Å². The second-order valence-electron chi connectivity index (χ2n) is 10.9. The molecule has 1 saturated heterocycles. The Morgan fingerprint density at radius 3 is 2.30 bits per heavy atom. The average Bonchev–Trinajstić information content (AvgIpc) is 3.50. The predicted molar refractivity (Wildman–Crippen MR) is 176 cm³/mol. The van der Waals surface area contributed by atoms with Crippen LogP contribution in [0.4, 0.5) is 5.82 Å². The highest BCUT2D eigenvalue weighted by Gasteiger charge is 2.24. The SMILES string of the molecule is C=C(CC)C(=O)c1ccc(OCC(=O)O[C@@H](CNC(C)(C)C)COc2nsnc2N2CCOCC2)c(Cl)c1Cl.O=C(O)/C=C\C(=O)O. The van der Waals surface area contributed by atoms with Crippen LogP contribution in [0.1, 0.15) is 44.5 Å². The number of Topliss-reactive ketones (excluding diaryl/α,β-unsaturated/α-hetero) is 1. The van der Waals surface area contributed by atoms with E-state index in [0.717, 1.165) is 11.7 Å². The Morgan fingerprint density at radius 1 is 1.09 bits per heavy atom. The van der Waals surface area contributed by atoms with Crippen molar-refractivity contribution < 1.29 is 48.3 Å². The van der Waals surface area contributed by atoms with Crippen LogP contribution in [0.3, 0.4) is 0 Å². The number of carboxylic acid groups (broad SMARTS) is 2. The lowest BCUT2D eigenvalue weighted by Gasteiger charge is -2.27. The molecule has 0 spiro atoms. The molecule has 0 radical (unpaired) electrons. The molecule has 0 aliphatic carbocycles. The molecule has 1 aromatic carbocycles. The quantitative estimate of drug-likeness (QED) is 0.134. The third-order valence-corrected chi connectivity index (χ3v) is 7.44. The van der Waals surface area contributed by atoms with Crippen molar-refractivity contribution in [1.82, 2.24) is 14.1 Å². The number of allylic oxidation sites excluding steroid dienone is 1. The minimum Gasteiger partial charge on any atom is -0.480 e. The number of ether oxygens (including phenoxy) is 4. The smallest absolute Gasteiger partial charge is 0.344 e. The zero-order chi connectivity index (χ0) is 35.1. The fourth-order valence-electron chi connectivity index (χ4n) is 3.63. The number of ketones is 1. The maximum Gasteiger partial charge on any atom is 0.344 e. The van der Waals surface area contributed by atoms with Gasteiger partial charge in [0, 0.05) is 42.9 Å². The molecule has 1 fully saturated rings. The van der Waals surface area contributed by atoms with Crippen LogP contribution in [-0.2, 0) is 23.9 Å². The van der Waals surface area contributed by atoms with Gasteiger partial charge in [-0.15, -0.1) is 4.37 Å². The number of nitrogens with zero attached hydrogens (tertiary/aromatic N) is 3. The molecule has 17 heteroatoms. The van der Waals surface area contributed by atoms with E-state index in [0.29, 0.717) is 68.7 Å². The molecule has 1 atom stereocenters. The number of rotatable bonds is 15. The van der Waals surface area contributed by atoms with Gasteiger partial charge in [0.1, 0.15) is 23.5 Å². The molecule has 14 nitrogen and oxygen atoms in total. The van der Waals surface area contributed by atoms with Crippen LogP contribution >= 0.6 is 34.9 Å². The number of carbonyl (C=O) groups excluding carboxylic acids is 2. The molecule has 1 aliphatic rings. The molecule has 258 valence electrons. The Labute approximate surface area is 286 Å². The summed E-state index contributed by atoms with van der Waals surface area (Å²) in [4.78, 5) is 46.3. The second-order valence-corrected chi connectivity index (χ2v) is 12.2. The first-order chi connectivity index (χ1) is 22.1. The first kappa shape index (κ1) is 39.4. The third-order valence-electron chi connectivity index (χ3n) is 6.07. The van der Waals surface area contributed by atoms with Crippen LogP contribution in [0.2, 0.25) is 10.0 Å². The number of nitrogens with one attached hydrogen (secondary N) is 1. The number of benzene rings is 1. The van der Waals surface area contributed by atoms with E-state index in [-0.39, 0.29) is 39.3 Å². The number of aliphatic carboxylic acids is 2. The van der Waals surface area contributed by atoms with Gasteiger partial charge < -0.3 is 39.4 Å². The fourth-order valence-corrected chi connectivity index (χ4v) is 4.61. The zero-order valence-corrected chi connectivity index (χ0v) is 28.7. The molecule has 3 N–H and O–H groups in total. The number of esters is 1.